The quantitative estimate of drug-likeness (QED) is 0.567. The van der Waals surface area contributed by atoms with Crippen LogP contribution < -0.4 is 0 Å². The van der Waals surface area contributed by atoms with Gasteiger partial charge < -0.3 is 4.74 Å². The summed E-state index contributed by atoms with van der Waals surface area (Å²) in [4.78, 5) is 16.0. The number of carbonyl (C=O) groups is 1. The molecule has 76 valence electrons. The summed E-state index contributed by atoms with van der Waals surface area (Å²) in [5.41, 5.74) is 2.38. The van der Waals surface area contributed by atoms with Gasteiger partial charge in [0.25, 0.3) is 0 Å². The van der Waals surface area contributed by atoms with Crippen LogP contribution >= 0.6 is 11.3 Å². The molecule has 0 aliphatic carbocycles. The second kappa shape index (κ2) is 5.54. The Morgan fingerprint density at radius 3 is 3.00 bits per heavy atom. The molecule has 0 unspecified atom stereocenters. The number of rotatable bonds is 4. The minimum absolute atomic E-state index is 0.286. The van der Waals surface area contributed by atoms with Crippen LogP contribution in [0.25, 0.3) is 0 Å². The monoisotopic (exact) mass is 211 g/mol. The van der Waals surface area contributed by atoms with Crippen molar-refractivity contribution >= 4 is 17.3 Å². The smallest absolute Gasteiger partial charge is 0.350 e. The van der Waals surface area contributed by atoms with Crippen molar-refractivity contribution in [1.29, 1.82) is 0 Å². The maximum atomic E-state index is 11.4. The third-order valence-electron chi connectivity index (χ3n) is 1.64. The van der Waals surface area contributed by atoms with Crippen LogP contribution in [-0.4, -0.2) is 17.6 Å². The Kier molecular flexibility index (Phi) is 4.32. The van der Waals surface area contributed by atoms with Gasteiger partial charge in [0, 0.05) is 0 Å². The van der Waals surface area contributed by atoms with Gasteiger partial charge in [0.2, 0.25) is 0 Å². The highest BCUT2D eigenvalue weighted by atomic mass is 32.1. The standard InChI is InChI=1S/C10H13NO2S/c1-3-4-5-6-13-10(12)9-8(2)11-7-14-9/h4-5,7H,3,6H2,1-2H3/b5-4-. The lowest BCUT2D eigenvalue weighted by molar-refractivity contribution is 0.0554. The van der Waals surface area contributed by atoms with Gasteiger partial charge in [-0.3, -0.25) is 0 Å². The number of aromatic nitrogens is 1. The molecule has 1 heterocycles. The van der Waals surface area contributed by atoms with Crippen molar-refractivity contribution in [3.8, 4) is 0 Å². The van der Waals surface area contributed by atoms with Gasteiger partial charge in [0.15, 0.2) is 0 Å². The highest BCUT2D eigenvalue weighted by Gasteiger charge is 2.11. The van der Waals surface area contributed by atoms with E-state index in [0.29, 0.717) is 11.5 Å². The van der Waals surface area contributed by atoms with Gasteiger partial charge in [-0.05, 0) is 13.3 Å². The third kappa shape index (κ3) is 2.96. The van der Waals surface area contributed by atoms with E-state index in [0.717, 1.165) is 12.1 Å². The average molecular weight is 211 g/mol. The number of esters is 1. The molecule has 0 aliphatic rings. The van der Waals surface area contributed by atoms with E-state index in [1.807, 2.05) is 19.1 Å². The van der Waals surface area contributed by atoms with Gasteiger partial charge in [-0.1, -0.05) is 19.1 Å². The predicted octanol–water partition coefficient (Wildman–Crippen LogP) is 2.57. The molecule has 1 rings (SSSR count). The molecule has 0 spiro atoms. The number of carbonyl (C=O) groups excluding carboxylic acids is 1. The summed E-state index contributed by atoms with van der Waals surface area (Å²) in [6.45, 7) is 4.17. The lowest BCUT2D eigenvalue weighted by Crippen LogP contribution is -2.04. The van der Waals surface area contributed by atoms with Crippen LogP contribution in [0.3, 0.4) is 0 Å². The van der Waals surface area contributed by atoms with Crippen LogP contribution in [0.2, 0.25) is 0 Å². The van der Waals surface area contributed by atoms with Crippen LogP contribution in [0, 0.1) is 6.92 Å². The van der Waals surface area contributed by atoms with Crippen molar-refractivity contribution in [2.75, 3.05) is 6.61 Å². The Hall–Kier alpha value is -1.16. The fourth-order valence-electron chi connectivity index (χ4n) is 0.922. The van der Waals surface area contributed by atoms with E-state index in [-0.39, 0.29) is 5.97 Å². The third-order valence-corrected chi connectivity index (χ3v) is 2.55. The van der Waals surface area contributed by atoms with Gasteiger partial charge in [-0.15, -0.1) is 11.3 Å². The zero-order valence-corrected chi connectivity index (χ0v) is 9.13. The first-order chi connectivity index (χ1) is 6.75. The van der Waals surface area contributed by atoms with Gasteiger partial charge in [0.05, 0.1) is 11.2 Å². The van der Waals surface area contributed by atoms with E-state index in [1.165, 1.54) is 11.3 Å². The molecular formula is C10H13NO2S. The molecular weight excluding hydrogens is 198 g/mol. The minimum Gasteiger partial charge on any atom is -0.457 e. The van der Waals surface area contributed by atoms with Crippen LogP contribution in [0.1, 0.15) is 28.7 Å². The van der Waals surface area contributed by atoms with Crippen LogP contribution in [0.5, 0.6) is 0 Å². The molecule has 0 aliphatic heterocycles. The van der Waals surface area contributed by atoms with E-state index in [4.69, 9.17) is 4.74 Å². The number of aryl methyl sites for hydroxylation is 1. The van der Waals surface area contributed by atoms with E-state index in [2.05, 4.69) is 4.98 Å². The van der Waals surface area contributed by atoms with Crippen molar-refractivity contribution in [2.45, 2.75) is 20.3 Å². The number of hydrogen-bond acceptors (Lipinski definition) is 4. The molecule has 0 radical (unpaired) electrons. The molecule has 14 heavy (non-hydrogen) atoms. The number of nitrogens with zero attached hydrogens (tertiary/aromatic N) is 1. The van der Waals surface area contributed by atoms with Crippen molar-refractivity contribution in [3.63, 3.8) is 0 Å². The summed E-state index contributed by atoms with van der Waals surface area (Å²) < 4.78 is 5.01. The fourth-order valence-corrected chi connectivity index (χ4v) is 1.62. The predicted molar refractivity (Wildman–Crippen MR) is 56.6 cm³/mol. The molecule has 0 N–H and O–H groups in total. The van der Waals surface area contributed by atoms with Crippen LogP contribution in [0.4, 0.5) is 0 Å². The lowest BCUT2D eigenvalue weighted by Gasteiger charge is -1.98. The van der Waals surface area contributed by atoms with Gasteiger partial charge >= 0.3 is 5.97 Å². The number of allylic oxidation sites excluding steroid dienone is 1. The normalized spacial score (nSPS) is 10.7. The summed E-state index contributed by atoms with van der Waals surface area (Å²) in [5.74, 6) is -0.286. The first-order valence-electron chi connectivity index (χ1n) is 4.48. The van der Waals surface area contributed by atoms with Gasteiger partial charge in [-0.25, -0.2) is 9.78 Å². The van der Waals surface area contributed by atoms with Crippen molar-refractivity contribution in [3.05, 3.63) is 28.2 Å². The second-order valence-electron chi connectivity index (χ2n) is 2.75. The minimum atomic E-state index is -0.286. The Morgan fingerprint density at radius 1 is 1.64 bits per heavy atom. The van der Waals surface area contributed by atoms with Crippen molar-refractivity contribution < 1.29 is 9.53 Å². The van der Waals surface area contributed by atoms with Gasteiger partial charge in [-0.2, -0.15) is 0 Å². The Balaban J connectivity index is 2.44. The average Bonchev–Trinajstić information content (AvgIpc) is 2.59. The zero-order valence-electron chi connectivity index (χ0n) is 8.32. The van der Waals surface area contributed by atoms with Gasteiger partial charge in [0.1, 0.15) is 11.5 Å². The molecule has 0 bridgehead atoms. The lowest BCUT2D eigenvalue weighted by atomic mass is 10.4. The first kappa shape index (κ1) is 10.9. The summed E-state index contributed by atoms with van der Waals surface area (Å²) >= 11 is 1.31. The largest absolute Gasteiger partial charge is 0.457 e. The molecule has 3 nitrogen and oxygen atoms in total. The molecule has 0 saturated carbocycles. The maximum Gasteiger partial charge on any atom is 0.350 e. The molecule has 0 fully saturated rings. The zero-order chi connectivity index (χ0) is 10.4. The summed E-state index contributed by atoms with van der Waals surface area (Å²) in [6, 6.07) is 0. The van der Waals surface area contributed by atoms with Crippen molar-refractivity contribution in [2.24, 2.45) is 0 Å². The second-order valence-corrected chi connectivity index (χ2v) is 3.60. The van der Waals surface area contributed by atoms with E-state index < -0.39 is 0 Å². The fraction of sp³-hybridized carbons (Fsp3) is 0.400. The Labute approximate surface area is 87.4 Å². The Bertz CT molecular complexity index is 331. The summed E-state index contributed by atoms with van der Waals surface area (Å²) in [7, 11) is 0. The highest BCUT2D eigenvalue weighted by molar-refractivity contribution is 7.11. The topological polar surface area (TPSA) is 39.2 Å². The molecule has 4 heteroatoms. The highest BCUT2D eigenvalue weighted by Crippen LogP contribution is 2.13. The van der Waals surface area contributed by atoms with E-state index >= 15 is 0 Å². The van der Waals surface area contributed by atoms with Crippen LogP contribution in [-0.2, 0) is 4.74 Å². The Morgan fingerprint density at radius 2 is 2.43 bits per heavy atom. The van der Waals surface area contributed by atoms with E-state index in [9.17, 15) is 4.79 Å². The molecule has 0 saturated heterocycles. The molecule has 0 atom stereocenters. The molecule has 1 aromatic heterocycles. The van der Waals surface area contributed by atoms with Crippen LogP contribution in [0.15, 0.2) is 17.7 Å². The first-order valence-corrected chi connectivity index (χ1v) is 5.36. The maximum absolute atomic E-state index is 11.4. The molecule has 1 aromatic rings. The molecule has 0 amide bonds. The van der Waals surface area contributed by atoms with Crippen molar-refractivity contribution in [1.82, 2.24) is 4.98 Å². The number of hydrogen-bond donors (Lipinski definition) is 0. The molecule has 0 aromatic carbocycles. The van der Waals surface area contributed by atoms with E-state index in [1.54, 1.807) is 12.4 Å². The summed E-state index contributed by atoms with van der Waals surface area (Å²) in [6.07, 6.45) is 4.76. The number of ether oxygens (including phenoxy) is 1. The number of thiazole rings is 1. The SMILES string of the molecule is CC/C=C\COC(=O)c1scnc1C. The summed E-state index contributed by atoms with van der Waals surface area (Å²) in [5, 5.41) is 0.